The van der Waals surface area contributed by atoms with Gasteiger partial charge in [0.2, 0.25) is 0 Å². The average Bonchev–Trinajstić information content (AvgIpc) is 2.83. The molecular weight excluding hydrogens is 170 g/mol. The number of fused-ring (bicyclic) bond motifs is 2. The zero-order valence-corrected chi connectivity index (χ0v) is 8.92. The number of rotatable bonds is 0. The van der Waals surface area contributed by atoms with Crippen LogP contribution < -0.4 is 5.32 Å². The van der Waals surface area contributed by atoms with Crippen molar-refractivity contribution >= 4 is 0 Å². The fourth-order valence-electron chi connectivity index (χ4n) is 1.98. The van der Waals surface area contributed by atoms with E-state index in [0.29, 0.717) is 0 Å². The molecule has 3 aliphatic rings. The van der Waals surface area contributed by atoms with Crippen LogP contribution in [0.4, 0.5) is 0 Å². The maximum Gasteiger partial charge on any atom is -0.00258 e. The lowest BCUT2D eigenvalue weighted by molar-refractivity contribution is 0.402. The van der Waals surface area contributed by atoms with Gasteiger partial charge in [-0.25, -0.2) is 0 Å². The monoisotopic (exact) mass is 189 g/mol. The highest BCUT2D eigenvalue weighted by Gasteiger charge is 2.07. The Labute approximate surface area is 86.6 Å². The van der Waals surface area contributed by atoms with Crippen molar-refractivity contribution in [3.63, 3.8) is 0 Å². The van der Waals surface area contributed by atoms with E-state index in [-0.39, 0.29) is 0 Å². The fraction of sp³-hybridized carbons (Fsp3) is 0.538. The first-order valence-electron chi connectivity index (χ1n) is 5.63. The molecule has 76 valence electrons. The van der Waals surface area contributed by atoms with Gasteiger partial charge in [-0.1, -0.05) is 31.2 Å². The zero-order chi connectivity index (χ0) is 9.80. The summed E-state index contributed by atoms with van der Waals surface area (Å²) < 4.78 is 0. The van der Waals surface area contributed by atoms with Crippen molar-refractivity contribution < 1.29 is 0 Å². The molecule has 14 heavy (non-hydrogen) atoms. The van der Waals surface area contributed by atoms with Crippen LogP contribution in [-0.4, -0.2) is 13.1 Å². The third-order valence-corrected chi connectivity index (χ3v) is 3.06. The van der Waals surface area contributed by atoms with Gasteiger partial charge in [-0.2, -0.15) is 0 Å². The lowest BCUT2D eigenvalue weighted by Crippen LogP contribution is -2.26. The standard InChI is InChI=1S/C7H6.C6H13N/c1-2-7-4-3-6(1)5-7;1-6-2-4-7-5-3-6/h1-4H,5H2;6-7H,2-5H2,1H3. The minimum atomic E-state index is 0.973. The number of nitrogens with one attached hydrogen (secondary N) is 1. The molecule has 1 heterocycles. The first-order valence-corrected chi connectivity index (χ1v) is 5.63. The van der Waals surface area contributed by atoms with Crippen LogP contribution >= 0.6 is 0 Å². The summed E-state index contributed by atoms with van der Waals surface area (Å²) in [6, 6.07) is 0. The molecule has 2 bridgehead atoms. The molecule has 1 aliphatic heterocycles. The van der Waals surface area contributed by atoms with Crippen molar-refractivity contribution in [3.8, 4) is 0 Å². The molecule has 1 fully saturated rings. The lowest BCUT2D eigenvalue weighted by atomic mass is 10.0. The summed E-state index contributed by atoms with van der Waals surface area (Å²) in [6.07, 6.45) is 12.6. The Balaban J connectivity index is 0.000000107. The van der Waals surface area contributed by atoms with E-state index in [4.69, 9.17) is 0 Å². The summed E-state index contributed by atoms with van der Waals surface area (Å²) in [5.41, 5.74) is 2.94. The molecule has 1 N–H and O–H groups in total. The molecule has 0 spiro atoms. The summed E-state index contributed by atoms with van der Waals surface area (Å²) in [5, 5.41) is 3.32. The number of hydrogen-bond acceptors (Lipinski definition) is 1. The molecular formula is C13H19N. The van der Waals surface area contributed by atoms with Crippen molar-refractivity contribution in [2.24, 2.45) is 5.92 Å². The molecule has 0 aromatic carbocycles. The SMILES string of the molecule is C1=CC2=CC=C1C2.CC1CCNCC1. The van der Waals surface area contributed by atoms with Crippen LogP contribution in [0, 0.1) is 5.92 Å². The lowest BCUT2D eigenvalue weighted by Gasteiger charge is -2.17. The summed E-state index contributed by atoms with van der Waals surface area (Å²) >= 11 is 0. The second kappa shape index (κ2) is 4.61. The Morgan fingerprint density at radius 3 is 1.86 bits per heavy atom. The number of piperidine rings is 1. The van der Waals surface area contributed by atoms with E-state index in [1.807, 2.05) is 0 Å². The second-order valence-electron chi connectivity index (χ2n) is 4.43. The van der Waals surface area contributed by atoms with Crippen molar-refractivity contribution in [2.45, 2.75) is 26.2 Å². The molecule has 0 unspecified atom stereocenters. The van der Waals surface area contributed by atoms with Crippen molar-refractivity contribution in [2.75, 3.05) is 13.1 Å². The molecule has 0 aromatic heterocycles. The highest BCUT2D eigenvalue weighted by atomic mass is 14.9. The molecule has 0 aromatic rings. The number of hydrogen-bond donors (Lipinski definition) is 1. The molecule has 1 heteroatoms. The van der Waals surface area contributed by atoms with E-state index in [1.54, 1.807) is 0 Å². The van der Waals surface area contributed by atoms with Gasteiger partial charge in [0.1, 0.15) is 0 Å². The normalized spacial score (nSPS) is 24.1. The minimum Gasteiger partial charge on any atom is -0.317 e. The third-order valence-electron chi connectivity index (χ3n) is 3.06. The van der Waals surface area contributed by atoms with Crippen LogP contribution in [0.5, 0.6) is 0 Å². The van der Waals surface area contributed by atoms with Gasteiger partial charge in [0.05, 0.1) is 0 Å². The molecule has 0 amide bonds. The number of allylic oxidation sites excluding steroid dienone is 6. The van der Waals surface area contributed by atoms with Crippen LogP contribution in [0.2, 0.25) is 0 Å². The topological polar surface area (TPSA) is 12.0 Å². The predicted molar refractivity (Wildman–Crippen MR) is 61.2 cm³/mol. The van der Waals surface area contributed by atoms with Gasteiger partial charge in [0.15, 0.2) is 0 Å². The Hall–Kier alpha value is -0.820. The third kappa shape index (κ3) is 2.58. The van der Waals surface area contributed by atoms with Crippen LogP contribution in [0.1, 0.15) is 26.2 Å². The molecule has 0 saturated carbocycles. The molecule has 3 rings (SSSR count). The first kappa shape index (κ1) is 9.72. The first-order chi connectivity index (χ1) is 6.84. The smallest absolute Gasteiger partial charge is 0.00258 e. The molecule has 0 radical (unpaired) electrons. The highest BCUT2D eigenvalue weighted by Crippen LogP contribution is 2.27. The van der Waals surface area contributed by atoms with E-state index in [0.717, 1.165) is 5.92 Å². The summed E-state index contributed by atoms with van der Waals surface area (Å²) in [6.45, 7) is 4.79. The maximum absolute atomic E-state index is 3.32. The van der Waals surface area contributed by atoms with E-state index in [1.165, 1.54) is 43.5 Å². The Kier molecular flexibility index (Phi) is 3.20. The fourth-order valence-corrected chi connectivity index (χ4v) is 1.98. The summed E-state index contributed by atoms with van der Waals surface area (Å²) in [5.74, 6) is 0.973. The Morgan fingerprint density at radius 2 is 1.64 bits per heavy atom. The highest BCUT2D eigenvalue weighted by molar-refractivity contribution is 5.49. The van der Waals surface area contributed by atoms with Gasteiger partial charge in [-0.05, 0) is 49.4 Å². The van der Waals surface area contributed by atoms with Crippen LogP contribution in [0.3, 0.4) is 0 Å². The second-order valence-corrected chi connectivity index (χ2v) is 4.43. The quantitative estimate of drug-likeness (QED) is 0.618. The molecule has 1 saturated heterocycles. The van der Waals surface area contributed by atoms with Gasteiger partial charge in [0, 0.05) is 0 Å². The van der Waals surface area contributed by atoms with Gasteiger partial charge in [-0.15, -0.1) is 0 Å². The Bertz CT molecular complexity index is 258. The predicted octanol–water partition coefficient (Wildman–Crippen LogP) is 2.82. The van der Waals surface area contributed by atoms with Crippen molar-refractivity contribution in [1.29, 1.82) is 0 Å². The molecule has 2 aliphatic carbocycles. The zero-order valence-electron chi connectivity index (χ0n) is 8.92. The average molecular weight is 189 g/mol. The van der Waals surface area contributed by atoms with E-state index < -0.39 is 0 Å². The minimum absolute atomic E-state index is 0.973. The van der Waals surface area contributed by atoms with Crippen LogP contribution in [-0.2, 0) is 0 Å². The summed E-state index contributed by atoms with van der Waals surface area (Å²) in [7, 11) is 0. The maximum atomic E-state index is 3.32. The van der Waals surface area contributed by atoms with E-state index >= 15 is 0 Å². The van der Waals surface area contributed by atoms with E-state index in [2.05, 4.69) is 36.5 Å². The van der Waals surface area contributed by atoms with Gasteiger partial charge < -0.3 is 5.32 Å². The molecule has 0 atom stereocenters. The van der Waals surface area contributed by atoms with E-state index in [9.17, 15) is 0 Å². The van der Waals surface area contributed by atoms with Crippen LogP contribution in [0.15, 0.2) is 35.5 Å². The summed E-state index contributed by atoms with van der Waals surface area (Å²) in [4.78, 5) is 0. The Morgan fingerprint density at radius 1 is 1.07 bits per heavy atom. The van der Waals surface area contributed by atoms with Crippen molar-refractivity contribution in [3.05, 3.63) is 35.5 Å². The largest absolute Gasteiger partial charge is 0.317 e. The van der Waals surface area contributed by atoms with Gasteiger partial charge >= 0.3 is 0 Å². The van der Waals surface area contributed by atoms with Gasteiger partial charge in [-0.3, -0.25) is 0 Å². The van der Waals surface area contributed by atoms with Gasteiger partial charge in [0.25, 0.3) is 0 Å². The molecule has 1 nitrogen and oxygen atoms in total. The van der Waals surface area contributed by atoms with Crippen LogP contribution in [0.25, 0.3) is 0 Å². The van der Waals surface area contributed by atoms with Crippen molar-refractivity contribution in [1.82, 2.24) is 5.32 Å².